The topological polar surface area (TPSA) is 26.3 Å². The maximum Gasteiger partial charge on any atom is 0.416 e. The smallest absolute Gasteiger partial charge is 0.416 e. The Morgan fingerprint density at radius 3 is 2.17 bits per heavy atom. The highest BCUT2D eigenvalue weighted by atomic mass is 19.4. The van der Waals surface area contributed by atoms with Crippen LogP contribution < -0.4 is 0 Å². The summed E-state index contributed by atoms with van der Waals surface area (Å²) < 4.78 is 42.5. The second-order valence-electron chi connectivity index (χ2n) is 5.15. The van der Waals surface area contributed by atoms with E-state index in [4.69, 9.17) is 4.74 Å². The fraction of sp³-hybridized carbons (Fsp3) is 0.278. The predicted molar refractivity (Wildman–Crippen MR) is 81.1 cm³/mol. The van der Waals surface area contributed by atoms with Crippen molar-refractivity contribution in [3.63, 3.8) is 0 Å². The van der Waals surface area contributed by atoms with E-state index in [-0.39, 0.29) is 5.97 Å². The molecule has 0 bridgehead atoms. The van der Waals surface area contributed by atoms with E-state index in [0.29, 0.717) is 25.0 Å². The van der Waals surface area contributed by atoms with Crippen LogP contribution in [0.15, 0.2) is 54.6 Å². The Morgan fingerprint density at radius 2 is 1.57 bits per heavy atom. The highest BCUT2D eigenvalue weighted by molar-refractivity contribution is 5.89. The van der Waals surface area contributed by atoms with Crippen molar-refractivity contribution in [2.45, 2.75) is 25.4 Å². The van der Waals surface area contributed by atoms with Gasteiger partial charge in [-0.2, -0.15) is 13.2 Å². The number of halogens is 3. The summed E-state index contributed by atoms with van der Waals surface area (Å²) in [5.74, 6) is -0.361. The number of hydrogen-bond donors (Lipinski definition) is 0. The third kappa shape index (κ3) is 5.43. The highest BCUT2D eigenvalue weighted by Crippen LogP contribution is 2.29. The van der Waals surface area contributed by atoms with Crippen LogP contribution in [0, 0.1) is 0 Å². The van der Waals surface area contributed by atoms with Gasteiger partial charge in [0.05, 0.1) is 17.7 Å². The molecule has 5 heteroatoms. The van der Waals surface area contributed by atoms with Crippen molar-refractivity contribution in [2.24, 2.45) is 0 Å². The lowest BCUT2D eigenvalue weighted by Crippen LogP contribution is -2.06. The summed E-state index contributed by atoms with van der Waals surface area (Å²) in [6, 6.07) is 13.9. The lowest BCUT2D eigenvalue weighted by Gasteiger charge is -2.08. The van der Waals surface area contributed by atoms with Crippen molar-refractivity contribution < 1.29 is 22.7 Å². The molecule has 0 aliphatic heterocycles. The van der Waals surface area contributed by atoms with Crippen molar-refractivity contribution in [1.29, 1.82) is 0 Å². The van der Waals surface area contributed by atoms with E-state index >= 15 is 0 Å². The number of ether oxygens (including phenoxy) is 1. The van der Waals surface area contributed by atoms with Crippen LogP contribution in [0.3, 0.4) is 0 Å². The Hall–Kier alpha value is -2.30. The molecule has 0 radical (unpaired) electrons. The molecule has 23 heavy (non-hydrogen) atoms. The lowest BCUT2D eigenvalue weighted by molar-refractivity contribution is -0.137. The molecule has 0 atom stereocenters. The minimum Gasteiger partial charge on any atom is -0.462 e. The summed E-state index contributed by atoms with van der Waals surface area (Å²) in [6.45, 7) is 0.300. The monoisotopic (exact) mass is 322 g/mol. The van der Waals surface area contributed by atoms with E-state index in [2.05, 4.69) is 0 Å². The van der Waals surface area contributed by atoms with Gasteiger partial charge < -0.3 is 4.74 Å². The molecule has 0 aromatic heterocycles. The summed E-state index contributed by atoms with van der Waals surface area (Å²) in [4.78, 5) is 11.7. The molecule has 0 amide bonds. The number of alkyl halides is 3. The molecule has 2 nitrogen and oxygen atoms in total. The Morgan fingerprint density at radius 1 is 0.913 bits per heavy atom. The Balaban J connectivity index is 1.69. The third-order valence-corrected chi connectivity index (χ3v) is 3.38. The van der Waals surface area contributed by atoms with Crippen molar-refractivity contribution in [2.75, 3.05) is 6.61 Å². The van der Waals surface area contributed by atoms with Gasteiger partial charge in [0, 0.05) is 0 Å². The second-order valence-corrected chi connectivity index (χ2v) is 5.15. The summed E-state index contributed by atoms with van der Waals surface area (Å²) in [6.07, 6.45) is -2.24. The molecule has 0 N–H and O–H groups in total. The summed E-state index contributed by atoms with van der Waals surface area (Å²) in [5, 5.41) is 0. The van der Waals surface area contributed by atoms with Gasteiger partial charge in [-0.3, -0.25) is 0 Å². The van der Waals surface area contributed by atoms with E-state index in [1.54, 1.807) is 24.3 Å². The van der Waals surface area contributed by atoms with Gasteiger partial charge in [0.1, 0.15) is 0 Å². The van der Waals surface area contributed by atoms with Crippen LogP contribution in [0.1, 0.15) is 34.3 Å². The van der Waals surface area contributed by atoms with E-state index < -0.39 is 11.7 Å². The molecule has 0 aliphatic carbocycles. The van der Waals surface area contributed by atoms with Crippen LogP contribution >= 0.6 is 0 Å². The number of hydrogen-bond acceptors (Lipinski definition) is 2. The fourth-order valence-corrected chi connectivity index (χ4v) is 2.11. The molecule has 122 valence electrons. The maximum absolute atomic E-state index is 12.4. The molecule has 2 rings (SSSR count). The maximum atomic E-state index is 12.4. The zero-order chi connectivity index (χ0) is 16.7. The first-order valence-corrected chi connectivity index (χ1v) is 7.35. The standard InChI is InChI=1S/C18H17F3O2/c19-18(20,21)16-11-9-14(10-12-16)6-4-5-13-23-17(22)15-7-2-1-3-8-15/h1-3,7-12H,4-6,13H2. The molecular weight excluding hydrogens is 305 g/mol. The zero-order valence-corrected chi connectivity index (χ0v) is 12.5. The van der Waals surface area contributed by atoms with Gasteiger partial charge in [0.25, 0.3) is 0 Å². The average Bonchev–Trinajstić information content (AvgIpc) is 2.55. The Kier molecular flexibility index (Phi) is 5.79. The van der Waals surface area contributed by atoms with E-state index in [1.165, 1.54) is 12.1 Å². The molecule has 2 aromatic rings. The third-order valence-electron chi connectivity index (χ3n) is 3.38. The molecule has 0 saturated heterocycles. The second kappa shape index (κ2) is 7.81. The van der Waals surface area contributed by atoms with Gasteiger partial charge in [-0.05, 0) is 49.1 Å². The predicted octanol–water partition coefficient (Wildman–Crippen LogP) is 4.89. The largest absolute Gasteiger partial charge is 0.462 e. The normalized spacial score (nSPS) is 11.3. The molecule has 0 saturated carbocycles. The highest BCUT2D eigenvalue weighted by Gasteiger charge is 2.29. The van der Waals surface area contributed by atoms with Crippen LogP contribution in [0.4, 0.5) is 13.2 Å². The Bertz CT molecular complexity index is 619. The summed E-state index contributed by atoms with van der Waals surface area (Å²) in [5.41, 5.74) is 0.709. The van der Waals surface area contributed by atoms with E-state index in [0.717, 1.165) is 24.1 Å². The first kappa shape index (κ1) is 17.1. The van der Waals surface area contributed by atoms with Gasteiger partial charge >= 0.3 is 12.1 Å². The molecule has 2 aromatic carbocycles. The van der Waals surface area contributed by atoms with Gasteiger partial charge in [-0.1, -0.05) is 30.3 Å². The van der Waals surface area contributed by atoms with Crippen molar-refractivity contribution in [3.8, 4) is 0 Å². The van der Waals surface area contributed by atoms with E-state index in [9.17, 15) is 18.0 Å². The minimum atomic E-state index is -4.30. The van der Waals surface area contributed by atoms with Gasteiger partial charge in [-0.15, -0.1) is 0 Å². The van der Waals surface area contributed by atoms with Gasteiger partial charge in [0.2, 0.25) is 0 Å². The van der Waals surface area contributed by atoms with Crippen LogP contribution in [0.25, 0.3) is 0 Å². The van der Waals surface area contributed by atoms with Crippen LogP contribution in [-0.4, -0.2) is 12.6 Å². The average molecular weight is 322 g/mol. The number of benzene rings is 2. The van der Waals surface area contributed by atoms with Crippen molar-refractivity contribution in [1.82, 2.24) is 0 Å². The number of rotatable bonds is 6. The van der Waals surface area contributed by atoms with Crippen molar-refractivity contribution >= 4 is 5.97 Å². The molecule has 0 unspecified atom stereocenters. The quantitative estimate of drug-likeness (QED) is 0.559. The van der Waals surface area contributed by atoms with E-state index in [1.807, 2.05) is 6.07 Å². The molecule has 0 spiro atoms. The SMILES string of the molecule is O=C(OCCCCc1ccc(C(F)(F)F)cc1)c1ccccc1. The Labute approximate surface area is 132 Å². The first-order chi connectivity index (χ1) is 11.0. The van der Waals surface area contributed by atoms with Gasteiger partial charge in [0.15, 0.2) is 0 Å². The van der Waals surface area contributed by atoms with Crippen LogP contribution in [-0.2, 0) is 17.3 Å². The molecule has 0 heterocycles. The molecular formula is C18H17F3O2. The lowest BCUT2D eigenvalue weighted by atomic mass is 10.1. The minimum absolute atomic E-state index is 0.300. The number of esters is 1. The summed E-state index contributed by atoms with van der Waals surface area (Å²) >= 11 is 0. The number of unbranched alkanes of at least 4 members (excludes halogenated alkanes) is 1. The molecule has 0 aliphatic rings. The molecule has 0 fully saturated rings. The number of aryl methyl sites for hydroxylation is 1. The first-order valence-electron chi connectivity index (χ1n) is 7.35. The number of carbonyl (C=O) groups excluding carboxylic acids is 1. The van der Waals surface area contributed by atoms with Crippen LogP contribution in [0.2, 0.25) is 0 Å². The van der Waals surface area contributed by atoms with Crippen LogP contribution in [0.5, 0.6) is 0 Å². The zero-order valence-electron chi connectivity index (χ0n) is 12.5. The summed E-state index contributed by atoms with van der Waals surface area (Å²) in [7, 11) is 0. The fourth-order valence-electron chi connectivity index (χ4n) is 2.11. The van der Waals surface area contributed by atoms with Gasteiger partial charge in [-0.25, -0.2) is 4.79 Å². The number of carbonyl (C=O) groups is 1. The van der Waals surface area contributed by atoms with Crippen molar-refractivity contribution in [3.05, 3.63) is 71.3 Å².